The lowest BCUT2D eigenvalue weighted by molar-refractivity contribution is 0.438. The Balaban J connectivity index is 1.86. The summed E-state index contributed by atoms with van der Waals surface area (Å²) in [6.45, 7) is 0. The van der Waals surface area contributed by atoms with Crippen LogP contribution in [0.2, 0.25) is 0 Å². The fraction of sp³-hybridized carbons (Fsp3) is 0.500. The summed E-state index contributed by atoms with van der Waals surface area (Å²) in [6, 6.07) is 0. The van der Waals surface area contributed by atoms with Gasteiger partial charge >= 0.3 is 0 Å². The maximum atomic E-state index is 11.7. The van der Waals surface area contributed by atoms with Crippen molar-refractivity contribution in [1.29, 1.82) is 0 Å². The highest BCUT2D eigenvalue weighted by molar-refractivity contribution is 7.89. The van der Waals surface area contributed by atoms with E-state index in [1.165, 1.54) is 38.4 Å². The molecule has 7 heteroatoms. The van der Waals surface area contributed by atoms with Gasteiger partial charge in [-0.1, -0.05) is 19.3 Å². The van der Waals surface area contributed by atoms with Crippen molar-refractivity contribution in [3.05, 3.63) is 29.8 Å². The number of imidazole rings is 1. The number of hydrogen-bond donors (Lipinski definition) is 1. The molecule has 0 saturated heterocycles. The molecule has 122 valence electrons. The van der Waals surface area contributed by atoms with Crippen molar-refractivity contribution in [3.8, 4) is 0 Å². The lowest BCUT2D eigenvalue weighted by Crippen LogP contribution is -2.04. The van der Waals surface area contributed by atoms with Gasteiger partial charge in [-0.3, -0.25) is 4.40 Å². The molecular formula is C16H20N4O2S. The molecule has 23 heavy (non-hydrogen) atoms. The molecular weight excluding hydrogens is 312 g/mol. The minimum Gasteiger partial charge on any atom is -0.345 e. The molecule has 3 heterocycles. The normalized spacial score (nSPS) is 17.3. The van der Waals surface area contributed by atoms with E-state index in [9.17, 15) is 8.42 Å². The Morgan fingerprint density at radius 3 is 2.83 bits per heavy atom. The lowest BCUT2D eigenvalue weighted by Gasteiger charge is -2.19. The Bertz CT molecular complexity index is 965. The van der Waals surface area contributed by atoms with E-state index in [2.05, 4.69) is 16.2 Å². The van der Waals surface area contributed by atoms with Gasteiger partial charge in [0.05, 0.1) is 23.2 Å². The van der Waals surface area contributed by atoms with E-state index in [0.717, 1.165) is 22.4 Å². The first kappa shape index (κ1) is 14.7. The molecule has 3 aromatic heterocycles. The second-order valence-corrected chi connectivity index (χ2v) is 8.71. The van der Waals surface area contributed by atoms with E-state index in [1.54, 1.807) is 12.4 Å². The van der Waals surface area contributed by atoms with Crippen molar-refractivity contribution in [2.75, 3.05) is 6.26 Å². The van der Waals surface area contributed by atoms with E-state index in [-0.39, 0.29) is 5.75 Å². The first-order valence-electron chi connectivity index (χ1n) is 8.03. The van der Waals surface area contributed by atoms with Gasteiger partial charge in [-0.2, -0.15) is 0 Å². The highest BCUT2D eigenvalue weighted by Crippen LogP contribution is 2.32. The maximum Gasteiger partial charge on any atom is 0.156 e. The topological polar surface area (TPSA) is 80.1 Å². The number of fused-ring (bicyclic) bond motifs is 3. The summed E-state index contributed by atoms with van der Waals surface area (Å²) in [7, 11) is -3.10. The van der Waals surface area contributed by atoms with Crippen molar-refractivity contribution in [2.24, 2.45) is 0 Å². The molecule has 6 nitrogen and oxygen atoms in total. The lowest BCUT2D eigenvalue weighted by atomic mass is 9.87. The predicted octanol–water partition coefficient (Wildman–Crippen LogP) is 2.80. The van der Waals surface area contributed by atoms with Crippen LogP contribution in [0.4, 0.5) is 0 Å². The number of hydrogen-bond acceptors (Lipinski definition) is 4. The summed E-state index contributed by atoms with van der Waals surface area (Å²) in [5, 5.41) is 0. The van der Waals surface area contributed by atoms with Crippen LogP contribution < -0.4 is 0 Å². The Morgan fingerprint density at radius 1 is 1.30 bits per heavy atom. The molecule has 0 radical (unpaired) electrons. The number of aromatic nitrogens is 4. The zero-order valence-electron chi connectivity index (χ0n) is 13.1. The SMILES string of the molecule is CS(=O)(=O)Cc1c[nH]c2ncc3nc(C4CCCCC4)cn3c12. The summed E-state index contributed by atoms with van der Waals surface area (Å²) >= 11 is 0. The zero-order chi connectivity index (χ0) is 16.0. The molecule has 0 unspecified atom stereocenters. The van der Waals surface area contributed by atoms with Gasteiger partial charge in [0, 0.05) is 30.1 Å². The Kier molecular flexibility index (Phi) is 3.41. The molecule has 1 aliphatic carbocycles. The van der Waals surface area contributed by atoms with Crippen molar-refractivity contribution < 1.29 is 8.42 Å². The Labute approximate surface area is 134 Å². The smallest absolute Gasteiger partial charge is 0.156 e. The van der Waals surface area contributed by atoms with E-state index in [4.69, 9.17) is 4.98 Å². The van der Waals surface area contributed by atoms with Crippen LogP contribution in [-0.4, -0.2) is 34.0 Å². The predicted molar refractivity (Wildman–Crippen MR) is 89.2 cm³/mol. The second kappa shape index (κ2) is 5.33. The van der Waals surface area contributed by atoms with Crippen LogP contribution in [0.15, 0.2) is 18.6 Å². The van der Waals surface area contributed by atoms with Crippen molar-refractivity contribution in [2.45, 2.75) is 43.8 Å². The van der Waals surface area contributed by atoms with E-state index in [0.29, 0.717) is 11.6 Å². The minimum atomic E-state index is -3.10. The first-order chi connectivity index (χ1) is 11.0. The van der Waals surface area contributed by atoms with Gasteiger partial charge in [0.1, 0.15) is 0 Å². The molecule has 1 aliphatic rings. The largest absolute Gasteiger partial charge is 0.345 e. The molecule has 0 amide bonds. The molecule has 1 saturated carbocycles. The third-order valence-corrected chi connectivity index (χ3v) is 5.49. The van der Waals surface area contributed by atoms with Crippen LogP contribution in [0.1, 0.15) is 49.3 Å². The monoisotopic (exact) mass is 332 g/mol. The average molecular weight is 332 g/mol. The van der Waals surface area contributed by atoms with Gasteiger partial charge < -0.3 is 4.98 Å². The number of H-pyrrole nitrogens is 1. The third kappa shape index (κ3) is 2.73. The van der Waals surface area contributed by atoms with Crippen molar-refractivity contribution in [1.82, 2.24) is 19.4 Å². The molecule has 0 spiro atoms. The van der Waals surface area contributed by atoms with Gasteiger partial charge in [0.2, 0.25) is 0 Å². The fourth-order valence-electron chi connectivity index (χ4n) is 3.60. The number of aromatic amines is 1. The van der Waals surface area contributed by atoms with Crippen LogP contribution in [0, 0.1) is 0 Å². The molecule has 1 N–H and O–H groups in total. The van der Waals surface area contributed by atoms with Gasteiger partial charge in [0.15, 0.2) is 21.1 Å². The fourth-order valence-corrected chi connectivity index (χ4v) is 4.39. The van der Waals surface area contributed by atoms with Gasteiger partial charge in [-0.05, 0) is 12.8 Å². The molecule has 4 rings (SSSR count). The van der Waals surface area contributed by atoms with Crippen LogP contribution in [0.25, 0.3) is 16.8 Å². The summed E-state index contributed by atoms with van der Waals surface area (Å²) in [5.41, 5.74) is 4.15. The van der Waals surface area contributed by atoms with Crippen LogP contribution in [0.5, 0.6) is 0 Å². The maximum absolute atomic E-state index is 11.7. The summed E-state index contributed by atoms with van der Waals surface area (Å²) in [5.74, 6) is 0.515. The number of sulfone groups is 1. The quantitative estimate of drug-likeness (QED) is 0.800. The highest BCUT2D eigenvalue weighted by Gasteiger charge is 2.20. The van der Waals surface area contributed by atoms with Crippen molar-refractivity contribution in [3.63, 3.8) is 0 Å². The van der Waals surface area contributed by atoms with Crippen LogP contribution in [0.3, 0.4) is 0 Å². The van der Waals surface area contributed by atoms with Gasteiger partial charge in [-0.15, -0.1) is 0 Å². The molecule has 0 aliphatic heterocycles. The van der Waals surface area contributed by atoms with Gasteiger partial charge in [0.25, 0.3) is 0 Å². The van der Waals surface area contributed by atoms with Gasteiger partial charge in [-0.25, -0.2) is 18.4 Å². The average Bonchev–Trinajstić information content (AvgIpc) is 3.10. The molecule has 3 aromatic rings. The number of nitrogens with one attached hydrogen (secondary N) is 1. The van der Waals surface area contributed by atoms with E-state index in [1.807, 2.05) is 4.40 Å². The molecule has 0 aromatic carbocycles. The first-order valence-corrected chi connectivity index (χ1v) is 10.1. The highest BCUT2D eigenvalue weighted by atomic mass is 32.2. The van der Waals surface area contributed by atoms with Crippen molar-refractivity contribution >= 4 is 26.6 Å². The third-order valence-electron chi connectivity index (χ3n) is 4.65. The molecule has 0 bridgehead atoms. The Morgan fingerprint density at radius 2 is 2.09 bits per heavy atom. The van der Waals surface area contributed by atoms with E-state index < -0.39 is 9.84 Å². The second-order valence-electron chi connectivity index (χ2n) is 6.57. The zero-order valence-corrected chi connectivity index (χ0v) is 13.9. The standard InChI is InChI=1S/C16H20N4O2S/c1-23(21,22)10-12-7-17-16-15(12)20-9-13(19-14(20)8-18-16)11-5-3-2-4-6-11/h7-9,11,17H,2-6,10H2,1H3. The van der Waals surface area contributed by atoms with Crippen LogP contribution in [-0.2, 0) is 15.6 Å². The number of nitrogens with zero attached hydrogens (tertiary/aromatic N) is 3. The summed E-state index contributed by atoms with van der Waals surface area (Å²) in [4.78, 5) is 12.2. The number of rotatable bonds is 3. The van der Waals surface area contributed by atoms with Crippen LogP contribution >= 0.6 is 0 Å². The minimum absolute atomic E-state index is 0.00470. The molecule has 0 atom stereocenters. The Hall–Kier alpha value is -1.89. The summed E-state index contributed by atoms with van der Waals surface area (Å²) in [6.07, 6.45) is 13.0. The van der Waals surface area contributed by atoms with E-state index >= 15 is 0 Å². The molecule has 1 fully saturated rings. The summed E-state index contributed by atoms with van der Waals surface area (Å²) < 4.78 is 25.3.